The van der Waals surface area contributed by atoms with E-state index in [0.29, 0.717) is 26.4 Å². The van der Waals surface area contributed by atoms with Crippen molar-refractivity contribution >= 4 is 5.97 Å². The fourth-order valence-corrected chi connectivity index (χ4v) is 6.62. The van der Waals surface area contributed by atoms with Crippen molar-refractivity contribution in [2.75, 3.05) is 6.61 Å². The molecule has 6 atom stereocenters. The average Bonchev–Trinajstić information content (AvgIpc) is 3.20. The summed E-state index contributed by atoms with van der Waals surface area (Å²) in [5.41, 5.74) is 4.28. The van der Waals surface area contributed by atoms with E-state index in [4.69, 9.17) is 28.4 Å². The van der Waals surface area contributed by atoms with Crippen molar-refractivity contribution in [1.29, 1.82) is 0 Å². The Morgan fingerprint density at radius 1 is 0.564 bits per heavy atom. The molecule has 6 rings (SSSR count). The second kappa shape index (κ2) is 20.3. The first-order valence-electron chi connectivity index (χ1n) is 19.1. The lowest BCUT2D eigenvalue weighted by Crippen LogP contribution is -2.67. The van der Waals surface area contributed by atoms with Crippen LogP contribution in [0.4, 0.5) is 0 Å². The monoisotopic (exact) mass is 743 g/mol. The lowest BCUT2D eigenvalue weighted by molar-refractivity contribution is -0.277. The Bertz CT molecular complexity index is 1820. The van der Waals surface area contributed by atoms with Gasteiger partial charge in [-0.1, -0.05) is 152 Å². The summed E-state index contributed by atoms with van der Waals surface area (Å²) < 4.78 is 40.2. The zero-order chi connectivity index (χ0) is 38.3. The third-order valence-corrected chi connectivity index (χ3v) is 9.28. The first-order chi connectivity index (χ1) is 26.8. The molecule has 0 aliphatic carbocycles. The number of carbonyl (C=O) groups excluding carboxylic acids is 1. The largest absolute Gasteiger partial charge is 0.459 e. The minimum absolute atomic E-state index is 0.182. The lowest BCUT2D eigenvalue weighted by Gasteiger charge is -2.48. The van der Waals surface area contributed by atoms with E-state index in [1.165, 1.54) is 0 Å². The molecule has 55 heavy (non-hydrogen) atoms. The molecule has 5 aromatic carbocycles. The predicted octanol–water partition coefficient (Wildman–Crippen LogP) is 8.23. The van der Waals surface area contributed by atoms with Gasteiger partial charge in [0.15, 0.2) is 0 Å². The molecule has 1 N–H and O–H groups in total. The van der Waals surface area contributed by atoms with E-state index >= 15 is 0 Å². The van der Waals surface area contributed by atoms with Gasteiger partial charge in [-0.15, -0.1) is 0 Å². The number of hydrogen-bond acceptors (Lipinski definition) is 8. The molecule has 8 heteroatoms. The number of esters is 1. The quantitative estimate of drug-likeness (QED) is 0.0900. The maximum Gasteiger partial charge on any atom is 0.326 e. The maximum atomic E-state index is 14.4. The van der Waals surface area contributed by atoms with Gasteiger partial charge in [-0.3, -0.25) is 10.1 Å². The van der Waals surface area contributed by atoms with E-state index in [0.717, 1.165) is 27.8 Å². The SMILES string of the molecule is CC(C)(C)OC(=O)[C@H](NCc1ccccc1)[C@@H]1O[C@H](COCc2ccccc2)[C@@H](OCc2ccccc2)[C@H](OCc2ccccc2)[C@H]1OCc1ccccc1. The molecule has 0 spiro atoms. The highest BCUT2D eigenvalue weighted by Gasteiger charge is 2.53. The van der Waals surface area contributed by atoms with Crippen LogP contribution >= 0.6 is 0 Å². The fraction of sp³-hybridized carbons (Fsp3) is 0.340. The van der Waals surface area contributed by atoms with Gasteiger partial charge < -0.3 is 28.4 Å². The Balaban J connectivity index is 1.39. The van der Waals surface area contributed by atoms with Gasteiger partial charge in [0.2, 0.25) is 0 Å². The zero-order valence-corrected chi connectivity index (χ0v) is 32.0. The highest BCUT2D eigenvalue weighted by atomic mass is 16.6. The van der Waals surface area contributed by atoms with Crippen LogP contribution in [0.1, 0.15) is 48.6 Å². The molecule has 1 aliphatic rings. The Hall–Kier alpha value is -4.67. The van der Waals surface area contributed by atoms with E-state index < -0.39 is 48.1 Å². The first kappa shape index (κ1) is 40.0. The number of carbonyl (C=O) groups is 1. The second-order valence-corrected chi connectivity index (χ2v) is 14.8. The smallest absolute Gasteiger partial charge is 0.326 e. The van der Waals surface area contributed by atoms with Crippen molar-refractivity contribution in [2.45, 2.75) is 95.9 Å². The number of hydrogen-bond donors (Lipinski definition) is 1. The van der Waals surface area contributed by atoms with E-state index in [1.807, 2.05) is 172 Å². The first-order valence-corrected chi connectivity index (χ1v) is 19.1. The molecule has 8 nitrogen and oxygen atoms in total. The molecule has 0 aromatic heterocycles. The normalized spacial score (nSPS) is 20.5. The van der Waals surface area contributed by atoms with E-state index in [1.54, 1.807) is 0 Å². The third-order valence-electron chi connectivity index (χ3n) is 9.28. The molecular formula is C47H53NO7. The summed E-state index contributed by atoms with van der Waals surface area (Å²) in [5.74, 6) is -0.448. The molecular weight excluding hydrogens is 691 g/mol. The molecule has 0 saturated carbocycles. The molecule has 0 bridgehead atoms. The van der Waals surface area contributed by atoms with Gasteiger partial charge in [0.05, 0.1) is 33.0 Å². The van der Waals surface area contributed by atoms with E-state index in [2.05, 4.69) is 5.32 Å². The molecule has 0 unspecified atom stereocenters. The lowest BCUT2D eigenvalue weighted by atomic mass is 9.90. The molecule has 1 aliphatic heterocycles. The minimum atomic E-state index is -0.935. The Morgan fingerprint density at radius 2 is 0.964 bits per heavy atom. The number of ether oxygens (including phenoxy) is 6. The van der Waals surface area contributed by atoms with Crippen LogP contribution < -0.4 is 5.32 Å². The summed E-state index contributed by atoms with van der Waals surface area (Å²) in [4.78, 5) is 14.4. The Labute approximate surface area is 325 Å². The number of benzene rings is 5. The van der Waals surface area contributed by atoms with Gasteiger partial charge in [0, 0.05) is 6.54 Å². The van der Waals surface area contributed by atoms with Crippen LogP contribution in [0.25, 0.3) is 0 Å². The van der Waals surface area contributed by atoms with Crippen LogP contribution in [0.15, 0.2) is 152 Å². The summed E-state index contributed by atoms with van der Waals surface area (Å²) in [7, 11) is 0. The van der Waals surface area contributed by atoms with Crippen LogP contribution in [-0.4, -0.2) is 54.7 Å². The van der Waals surface area contributed by atoms with Crippen molar-refractivity contribution < 1.29 is 33.2 Å². The highest BCUT2D eigenvalue weighted by Crippen LogP contribution is 2.33. The molecule has 5 aromatic rings. The summed E-state index contributed by atoms with van der Waals surface area (Å²) in [6, 6.07) is 49.0. The Kier molecular flexibility index (Phi) is 14.8. The van der Waals surface area contributed by atoms with Crippen LogP contribution in [0, 0.1) is 0 Å². The third kappa shape index (κ3) is 12.4. The van der Waals surface area contributed by atoms with Crippen molar-refractivity contribution in [1.82, 2.24) is 5.32 Å². The fourth-order valence-electron chi connectivity index (χ4n) is 6.62. The van der Waals surface area contributed by atoms with Gasteiger partial charge in [-0.2, -0.15) is 0 Å². The van der Waals surface area contributed by atoms with Crippen molar-refractivity contribution in [3.05, 3.63) is 179 Å². The van der Waals surface area contributed by atoms with Gasteiger partial charge in [-0.05, 0) is 48.6 Å². The van der Waals surface area contributed by atoms with Crippen LogP contribution in [-0.2, 0) is 66.2 Å². The van der Waals surface area contributed by atoms with Crippen molar-refractivity contribution in [3.8, 4) is 0 Å². The van der Waals surface area contributed by atoms with Gasteiger partial charge in [-0.25, -0.2) is 0 Å². The maximum absolute atomic E-state index is 14.4. The predicted molar refractivity (Wildman–Crippen MR) is 213 cm³/mol. The summed E-state index contributed by atoms with van der Waals surface area (Å²) in [6.45, 7) is 7.42. The summed E-state index contributed by atoms with van der Waals surface area (Å²) >= 11 is 0. The summed E-state index contributed by atoms with van der Waals surface area (Å²) in [6.07, 6.45) is -3.58. The van der Waals surface area contributed by atoms with Gasteiger partial charge >= 0.3 is 5.97 Å². The second-order valence-electron chi connectivity index (χ2n) is 14.8. The average molecular weight is 744 g/mol. The Morgan fingerprint density at radius 3 is 1.42 bits per heavy atom. The molecule has 0 radical (unpaired) electrons. The zero-order valence-electron chi connectivity index (χ0n) is 32.0. The molecule has 1 heterocycles. The van der Waals surface area contributed by atoms with Gasteiger partial charge in [0.1, 0.15) is 42.2 Å². The minimum Gasteiger partial charge on any atom is -0.459 e. The van der Waals surface area contributed by atoms with Crippen LogP contribution in [0.5, 0.6) is 0 Å². The topological polar surface area (TPSA) is 84.5 Å². The van der Waals surface area contributed by atoms with Gasteiger partial charge in [0.25, 0.3) is 0 Å². The molecule has 1 fully saturated rings. The molecule has 1 saturated heterocycles. The van der Waals surface area contributed by atoms with E-state index in [-0.39, 0.29) is 13.2 Å². The molecule has 288 valence electrons. The summed E-state index contributed by atoms with van der Waals surface area (Å²) in [5, 5.41) is 3.51. The van der Waals surface area contributed by atoms with Crippen LogP contribution in [0.2, 0.25) is 0 Å². The van der Waals surface area contributed by atoms with E-state index in [9.17, 15) is 4.79 Å². The van der Waals surface area contributed by atoms with Crippen molar-refractivity contribution in [2.24, 2.45) is 0 Å². The molecule has 0 amide bonds. The standard InChI is InChI=1S/C47H53NO7/c1-47(2,3)55-46(49)41(48-29-35-19-9-4-10-20-35)43-45(53-33-39-27-17-8-18-28-39)44(52-32-38-25-15-7-16-26-38)42(51-31-37-23-13-6-14-24-37)40(54-43)34-50-30-36-21-11-5-12-22-36/h4-28,40-45,48H,29-34H2,1-3H3/t40-,41-,42-,43+,44+,45+/m1/s1. The highest BCUT2D eigenvalue weighted by molar-refractivity contribution is 5.77. The van der Waals surface area contributed by atoms with Crippen LogP contribution in [0.3, 0.4) is 0 Å². The number of nitrogens with one attached hydrogen (secondary N) is 1. The number of rotatable bonds is 18. The van der Waals surface area contributed by atoms with Crippen molar-refractivity contribution in [3.63, 3.8) is 0 Å².